The van der Waals surface area contributed by atoms with E-state index in [2.05, 4.69) is 15.5 Å². The summed E-state index contributed by atoms with van der Waals surface area (Å²) < 4.78 is 0. The lowest BCUT2D eigenvalue weighted by atomic mass is 10.1. The lowest BCUT2D eigenvalue weighted by Crippen LogP contribution is -2.23. The van der Waals surface area contributed by atoms with Crippen molar-refractivity contribution in [1.29, 1.82) is 0 Å². The van der Waals surface area contributed by atoms with E-state index in [1.165, 1.54) is 18.3 Å². The Hall–Kier alpha value is -3.03. The van der Waals surface area contributed by atoms with Crippen LogP contribution in [0.4, 0.5) is 5.69 Å². The number of carbonyl (C=O) groups is 1. The van der Waals surface area contributed by atoms with E-state index >= 15 is 0 Å². The van der Waals surface area contributed by atoms with Gasteiger partial charge in [-0.3, -0.25) is 14.9 Å². The number of benzene rings is 1. The van der Waals surface area contributed by atoms with Gasteiger partial charge in [-0.2, -0.15) is 10.2 Å². The highest BCUT2D eigenvalue weighted by molar-refractivity contribution is 5.97. The Labute approximate surface area is 113 Å². The van der Waals surface area contributed by atoms with Gasteiger partial charge in [0.1, 0.15) is 0 Å². The first-order valence-corrected chi connectivity index (χ1v) is 5.60. The zero-order chi connectivity index (χ0) is 14.5. The van der Waals surface area contributed by atoms with Gasteiger partial charge in [-0.1, -0.05) is 6.07 Å². The third-order valence-corrected chi connectivity index (χ3v) is 2.51. The second-order valence-electron chi connectivity index (χ2n) is 3.83. The van der Waals surface area contributed by atoms with Crippen molar-refractivity contribution in [2.75, 3.05) is 0 Å². The standard InChI is InChI=1S/C12H10N4O4/c17-11-9(4-1-5-10(11)16(19)20)12(18)13-7-8-3-2-6-14-15-8/h1-6,17H,7H2,(H,13,18). The van der Waals surface area contributed by atoms with Gasteiger partial charge in [-0.05, 0) is 18.2 Å². The summed E-state index contributed by atoms with van der Waals surface area (Å²) in [6, 6.07) is 7.08. The summed E-state index contributed by atoms with van der Waals surface area (Å²) in [5.41, 5.74) is -0.147. The molecule has 2 rings (SSSR count). The number of nitrogens with zero attached hydrogens (tertiary/aromatic N) is 3. The number of nitrogens with one attached hydrogen (secondary N) is 1. The summed E-state index contributed by atoms with van der Waals surface area (Å²) in [5.74, 6) is -1.29. The maximum absolute atomic E-state index is 11.9. The van der Waals surface area contributed by atoms with Crippen LogP contribution in [0.25, 0.3) is 0 Å². The van der Waals surface area contributed by atoms with Gasteiger partial charge in [-0.15, -0.1) is 0 Å². The lowest BCUT2D eigenvalue weighted by Gasteiger charge is -2.06. The van der Waals surface area contributed by atoms with Gasteiger partial charge in [0.2, 0.25) is 5.75 Å². The molecule has 0 atom stereocenters. The number of aromatic hydroxyl groups is 1. The van der Waals surface area contributed by atoms with Crippen LogP contribution in [0.2, 0.25) is 0 Å². The van der Waals surface area contributed by atoms with Crippen LogP contribution in [0.15, 0.2) is 36.5 Å². The van der Waals surface area contributed by atoms with Gasteiger partial charge < -0.3 is 10.4 Å². The first-order valence-electron chi connectivity index (χ1n) is 5.60. The summed E-state index contributed by atoms with van der Waals surface area (Å²) in [7, 11) is 0. The molecule has 0 aliphatic rings. The SMILES string of the molecule is O=C(NCc1cccnn1)c1cccc([N+](=O)[O-])c1O. The van der Waals surface area contributed by atoms with E-state index in [0.717, 1.165) is 6.07 Å². The zero-order valence-corrected chi connectivity index (χ0v) is 10.2. The van der Waals surface area contributed by atoms with Gasteiger partial charge in [0.15, 0.2) is 0 Å². The largest absolute Gasteiger partial charge is 0.502 e. The third kappa shape index (κ3) is 2.86. The van der Waals surface area contributed by atoms with Crippen molar-refractivity contribution in [3.63, 3.8) is 0 Å². The molecule has 0 aliphatic heterocycles. The lowest BCUT2D eigenvalue weighted by molar-refractivity contribution is -0.385. The van der Waals surface area contributed by atoms with E-state index in [9.17, 15) is 20.0 Å². The van der Waals surface area contributed by atoms with Gasteiger partial charge in [-0.25, -0.2) is 0 Å². The van der Waals surface area contributed by atoms with E-state index in [4.69, 9.17) is 0 Å². The highest BCUT2D eigenvalue weighted by atomic mass is 16.6. The summed E-state index contributed by atoms with van der Waals surface area (Å²) in [4.78, 5) is 21.8. The number of hydrogen-bond acceptors (Lipinski definition) is 6. The predicted octanol–water partition coefficient (Wildman–Crippen LogP) is 1.02. The Kier molecular flexibility index (Phi) is 3.85. The van der Waals surface area contributed by atoms with Crippen molar-refractivity contribution in [3.8, 4) is 5.75 Å². The first kappa shape index (κ1) is 13.4. The number of hydrogen-bond donors (Lipinski definition) is 2. The van der Waals surface area contributed by atoms with Crippen molar-refractivity contribution >= 4 is 11.6 Å². The maximum Gasteiger partial charge on any atom is 0.311 e. The Morgan fingerprint density at radius 1 is 1.35 bits per heavy atom. The molecule has 1 aromatic carbocycles. The van der Waals surface area contributed by atoms with Gasteiger partial charge in [0.05, 0.1) is 22.7 Å². The van der Waals surface area contributed by atoms with Crippen LogP contribution in [0.5, 0.6) is 5.75 Å². The molecule has 8 heteroatoms. The average Bonchev–Trinajstić information content (AvgIpc) is 2.46. The number of amides is 1. The van der Waals surface area contributed by atoms with Gasteiger partial charge in [0, 0.05) is 12.3 Å². The molecule has 20 heavy (non-hydrogen) atoms. The minimum absolute atomic E-state index is 0.106. The zero-order valence-electron chi connectivity index (χ0n) is 10.2. The summed E-state index contributed by atoms with van der Waals surface area (Å²) in [6.07, 6.45) is 1.50. The van der Waals surface area contributed by atoms with Crippen LogP contribution in [-0.4, -0.2) is 26.1 Å². The number of aromatic nitrogens is 2. The van der Waals surface area contributed by atoms with Crippen molar-refractivity contribution in [1.82, 2.24) is 15.5 Å². The molecule has 0 unspecified atom stereocenters. The fourth-order valence-electron chi connectivity index (χ4n) is 1.56. The summed E-state index contributed by atoms with van der Waals surface area (Å²) in [6.45, 7) is 0.106. The van der Waals surface area contributed by atoms with E-state index < -0.39 is 22.3 Å². The molecule has 1 heterocycles. The topological polar surface area (TPSA) is 118 Å². The Balaban J connectivity index is 2.14. The number of nitro benzene ring substituents is 1. The van der Waals surface area contributed by atoms with E-state index in [-0.39, 0.29) is 12.1 Å². The maximum atomic E-state index is 11.9. The molecule has 1 aromatic heterocycles. The molecule has 2 N–H and O–H groups in total. The van der Waals surface area contributed by atoms with Gasteiger partial charge in [0.25, 0.3) is 5.91 Å². The summed E-state index contributed by atoms with van der Waals surface area (Å²) >= 11 is 0. The molecule has 2 aromatic rings. The third-order valence-electron chi connectivity index (χ3n) is 2.51. The molecule has 0 saturated heterocycles. The molecule has 0 aliphatic carbocycles. The molecular weight excluding hydrogens is 264 g/mol. The molecule has 8 nitrogen and oxygen atoms in total. The van der Waals surface area contributed by atoms with E-state index in [1.54, 1.807) is 12.1 Å². The number of phenols is 1. The molecule has 0 spiro atoms. The number of phenolic OH excluding ortho intramolecular Hbond substituents is 1. The number of carbonyl (C=O) groups excluding carboxylic acids is 1. The van der Waals surface area contributed by atoms with Crippen molar-refractivity contribution in [2.45, 2.75) is 6.54 Å². The monoisotopic (exact) mass is 274 g/mol. The van der Waals surface area contributed by atoms with E-state index in [1.807, 2.05) is 0 Å². The van der Waals surface area contributed by atoms with Crippen LogP contribution in [-0.2, 0) is 6.54 Å². The molecule has 1 amide bonds. The molecule has 102 valence electrons. The van der Waals surface area contributed by atoms with Crippen LogP contribution < -0.4 is 5.32 Å². The van der Waals surface area contributed by atoms with Crippen LogP contribution in [0.3, 0.4) is 0 Å². The van der Waals surface area contributed by atoms with Gasteiger partial charge >= 0.3 is 5.69 Å². The predicted molar refractivity (Wildman–Crippen MR) is 68.0 cm³/mol. The average molecular weight is 274 g/mol. The normalized spacial score (nSPS) is 10.0. The quantitative estimate of drug-likeness (QED) is 0.634. The second-order valence-corrected chi connectivity index (χ2v) is 3.83. The molecule has 0 radical (unpaired) electrons. The fourth-order valence-corrected chi connectivity index (χ4v) is 1.56. The minimum atomic E-state index is -0.755. The second kappa shape index (κ2) is 5.74. The molecular formula is C12H10N4O4. The molecule has 0 saturated carbocycles. The number of para-hydroxylation sites is 1. The van der Waals surface area contributed by atoms with E-state index in [0.29, 0.717) is 5.69 Å². The Morgan fingerprint density at radius 3 is 2.80 bits per heavy atom. The van der Waals surface area contributed by atoms with Crippen molar-refractivity contribution in [2.24, 2.45) is 0 Å². The smallest absolute Gasteiger partial charge is 0.311 e. The fraction of sp³-hybridized carbons (Fsp3) is 0.0833. The Morgan fingerprint density at radius 2 is 2.15 bits per heavy atom. The van der Waals surface area contributed by atoms with Crippen LogP contribution in [0.1, 0.15) is 16.1 Å². The first-order chi connectivity index (χ1) is 9.59. The minimum Gasteiger partial charge on any atom is -0.502 e. The van der Waals surface area contributed by atoms with Crippen molar-refractivity contribution < 1.29 is 14.8 Å². The number of rotatable bonds is 4. The van der Waals surface area contributed by atoms with Crippen LogP contribution in [0, 0.1) is 10.1 Å². The van der Waals surface area contributed by atoms with Crippen molar-refractivity contribution in [3.05, 3.63) is 57.9 Å². The molecule has 0 bridgehead atoms. The highest BCUT2D eigenvalue weighted by Crippen LogP contribution is 2.29. The Bertz CT molecular complexity index is 645. The number of nitro groups is 1. The highest BCUT2D eigenvalue weighted by Gasteiger charge is 2.20. The summed E-state index contributed by atoms with van der Waals surface area (Å²) in [5, 5.41) is 30.3. The molecule has 0 fully saturated rings. The van der Waals surface area contributed by atoms with Crippen LogP contribution >= 0.6 is 0 Å².